The van der Waals surface area contributed by atoms with Gasteiger partial charge in [0.25, 0.3) is 0 Å². The predicted molar refractivity (Wildman–Crippen MR) is 120 cm³/mol. The highest BCUT2D eigenvalue weighted by Gasteiger charge is 2.49. The molecular weight excluding hydrogens is 394 g/mol. The Morgan fingerprint density at radius 1 is 1.26 bits per heavy atom. The molecule has 1 aromatic rings. The summed E-state index contributed by atoms with van der Waals surface area (Å²) in [7, 11) is 0. The average Bonchev–Trinajstić information content (AvgIpc) is 3.10. The van der Waals surface area contributed by atoms with Gasteiger partial charge in [-0.05, 0) is 79.6 Å². The summed E-state index contributed by atoms with van der Waals surface area (Å²) >= 11 is 0. The number of nitrogens with zero attached hydrogens (tertiary/aromatic N) is 1. The van der Waals surface area contributed by atoms with E-state index in [9.17, 15) is 13.6 Å². The van der Waals surface area contributed by atoms with Crippen LogP contribution in [0, 0.1) is 12.3 Å². The molecule has 1 aliphatic carbocycles. The maximum absolute atomic E-state index is 14.7. The fourth-order valence-corrected chi connectivity index (χ4v) is 5.57. The summed E-state index contributed by atoms with van der Waals surface area (Å²) in [5, 5.41) is 3.43. The highest BCUT2D eigenvalue weighted by Crippen LogP contribution is 2.50. The Balaban J connectivity index is 1.88. The highest BCUT2D eigenvalue weighted by molar-refractivity contribution is 5.77. The molecule has 2 unspecified atom stereocenters. The maximum atomic E-state index is 14.7. The SMILES string of the molecule is CC(=O)N1CC(C2=CC(F)CC=C2F)=CC1(CC1(C)CCNCC1)c1ccccc1C. The van der Waals surface area contributed by atoms with Crippen LogP contribution in [0.3, 0.4) is 0 Å². The highest BCUT2D eigenvalue weighted by atomic mass is 19.1. The second-order valence-corrected chi connectivity index (χ2v) is 9.64. The summed E-state index contributed by atoms with van der Waals surface area (Å²) in [5.41, 5.74) is 2.52. The standard InChI is InChI=1S/C26H32F2N2O/c1-18-6-4-5-7-23(18)26(17-25(3)10-12-29-13-11-25)15-20(16-30(26)19(2)31)22-14-21(27)8-9-24(22)28/h4-7,9,14-15,21,29H,8,10-13,16-17H2,1-3H3. The Bertz CT molecular complexity index is 958. The largest absolute Gasteiger partial charge is 0.325 e. The van der Waals surface area contributed by atoms with Gasteiger partial charge in [0, 0.05) is 25.5 Å². The third-order valence-electron chi connectivity index (χ3n) is 7.19. The Hall–Kier alpha value is -2.27. The van der Waals surface area contributed by atoms with Crippen LogP contribution in [0.5, 0.6) is 0 Å². The summed E-state index contributed by atoms with van der Waals surface area (Å²) in [6.07, 6.45) is 6.40. The number of halogens is 2. The zero-order valence-corrected chi connectivity index (χ0v) is 18.7. The van der Waals surface area contributed by atoms with Gasteiger partial charge in [-0.1, -0.05) is 31.2 Å². The number of carbonyl (C=O) groups excluding carboxylic acids is 1. The number of carbonyl (C=O) groups is 1. The van der Waals surface area contributed by atoms with Gasteiger partial charge in [0.1, 0.15) is 12.0 Å². The first-order valence-corrected chi connectivity index (χ1v) is 11.2. The van der Waals surface area contributed by atoms with E-state index >= 15 is 0 Å². The monoisotopic (exact) mass is 426 g/mol. The summed E-state index contributed by atoms with van der Waals surface area (Å²) in [4.78, 5) is 14.8. The van der Waals surface area contributed by atoms with Crippen molar-refractivity contribution in [2.75, 3.05) is 19.6 Å². The van der Waals surface area contributed by atoms with Crippen molar-refractivity contribution in [3.63, 3.8) is 0 Å². The minimum atomic E-state index is -1.20. The van der Waals surface area contributed by atoms with Gasteiger partial charge in [-0.3, -0.25) is 4.79 Å². The van der Waals surface area contributed by atoms with Gasteiger partial charge in [0.05, 0.1) is 5.54 Å². The Morgan fingerprint density at radius 3 is 2.65 bits per heavy atom. The molecule has 0 saturated carbocycles. The number of allylic oxidation sites excluding steroid dienone is 3. The van der Waals surface area contributed by atoms with Gasteiger partial charge in [0.15, 0.2) is 0 Å². The zero-order chi connectivity index (χ0) is 22.2. The number of piperidine rings is 1. The number of alkyl halides is 1. The van der Waals surface area contributed by atoms with Crippen molar-refractivity contribution >= 4 is 5.91 Å². The molecule has 1 amide bonds. The molecule has 3 aliphatic rings. The third-order valence-corrected chi connectivity index (χ3v) is 7.19. The Morgan fingerprint density at radius 2 is 1.97 bits per heavy atom. The van der Waals surface area contributed by atoms with E-state index in [1.54, 1.807) is 6.92 Å². The van der Waals surface area contributed by atoms with Crippen molar-refractivity contribution in [2.24, 2.45) is 5.41 Å². The van der Waals surface area contributed by atoms with Crippen LogP contribution >= 0.6 is 0 Å². The number of rotatable bonds is 4. The first-order chi connectivity index (χ1) is 14.7. The van der Waals surface area contributed by atoms with Crippen molar-refractivity contribution < 1.29 is 13.6 Å². The van der Waals surface area contributed by atoms with Gasteiger partial charge in [-0.15, -0.1) is 0 Å². The molecule has 31 heavy (non-hydrogen) atoms. The zero-order valence-electron chi connectivity index (χ0n) is 18.7. The molecule has 0 radical (unpaired) electrons. The van der Waals surface area contributed by atoms with Crippen molar-refractivity contribution in [3.8, 4) is 0 Å². The molecule has 2 atom stereocenters. The number of benzene rings is 1. The molecule has 0 aromatic heterocycles. The van der Waals surface area contributed by atoms with Crippen LogP contribution in [0.4, 0.5) is 8.78 Å². The molecule has 0 bridgehead atoms. The molecule has 3 nitrogen and oxygen atoms in total. The Labute approximate surface area is 183 Å². The minimum absolute atomic E-state index is 0.0329. The molecule has 2 aliphatic heterocycles. The molecule has 2 heterocycles. The lowest BCUT2D eigenvalue weighted by Gasteiger charge is -2.46. The fraction of sp³-hybridized carbons (Fsp3) is 0.500. The van der Waals surface area contributed by atoms with Gasteiger partial charge in [-0.2, -0.15) is 0 Å². The summed E-state index contributed by atoms with van der Waals surface area (Å²) in [5.74, 6) is -0.443. The van der Waals surface area contributed by atoms with Gasteiger partial charge in [0.2, 0.25) is 5.91 Å². The lowest BCUT2D eigenvalue weighted by atomic mass is 9.68. The summed E-state index contributed by atoms with van der Waals surface area (Å²) < 4.78 is 28.9. The molecule has 0 spiro atoms. The fourth-order valence-electron chi connectivity index (χ4n) is 5.57. The molecule has 1 N–H and O–H groups in total. The van der Waals surface area contributed by atoms with Crippen LogP contribution in [-0.4, -0.2) is 36.6 Å². The summed E-state index contributed by atoms with van der Waals surface area (Å²) in [6.45, 7) is 8.11. The second-order valence-electron chi connectivity index (χ2n) is 9.64. The molecular formula is C26H32F2N2O. The lowest BCUT2D eigenvalue weighted by Crippen LogP contribution is -2.49. The van der Waals surface area contributed by atoms with Crippen molar-refractivity contribution in [3.05, 3.63) is 70.6 Å². The molecule has 166 valence electrons. The number of aryl methyl sites for hydroxylation is 1. The molecule has 4 rings (SSSR count). The molecule has 5 heteroatoms. The van der Waals surface area contributed by atoms with Crippen molar-refractivity contribution in [1.29, 1.82) is 0 Å². The Kier molecular flexibility index (Phi) is 5.91. The van der Waals surface area contributed by atoms with Crippen molar-refractivity contribution in [2.45, 2.75) is 58.2 Å². The number of hydrogen-bond donors (Lipinski definition) is 1. The van der Waals surface area contributed by atoms with Crippen LogP contribution in [0.25, 0.3) is 0 Å². The van der Waals surface area contributed by atoms with E-state index in [-0.39, 0.29) is 24.3 Å². The van der Waals surface area contributed by atoms with Crippen LogP contribution in [0.1, 0.15) is 50.7 Å². The van der Waals surface area contributed by atoms with Crippen LogP contribution in [-0.2, 0) is 10.3 Å². The first-order valence-electron chi connectivity index (χ1n) is 11.2. The molecule has 1 saturated heterocycles. The average molecular weight is 427 g/mol. The lowest BCUT2D eigenvalue weighted by molar-refractivity contribution is -0.133. The number of amides is 1. The minimum Gasteiger partial charge on any atom is -0.325 e. The van der Waals surface area contributed by atoms with Crippen LogP contribution in [0.2, 0.25) is 0 Å². The van der Waals surface area contributed by atoms with Gasteiger partial charge >= 0.3 is 0 Å². The van der Waals surface area contributed by atoms with E-state index < -0.39 is 17.5 Å². The predicted octanol–water partition coefficient (Wildman–Crippen LogP) is 5.28. The van der Waals surface area contributed by atoms with E-state index in [1.165, 1.54) is 12.2 Å². The first kappa shape index (κ1) is 21.9. The van der Waals surface area contributed by atoms with E-state index in [4.69, 9.17) is 0 Å². The van der Waals surface area contributed by atoms with E-state index in [2.05, 4.69) is 37.4 Å². The second kappa shape index (κ2) is 8.34. The quantitative estimate of drug-likeness (QED) is 0.710. The van der Waals surface area contributed by atoms with E-state index in [1.807, 2.05) is 17.0 Å². The maximum Gasteiger partial charge on any atom is 0.220 e. The van der Waals surface area contributed by atoms with Gasteiger partial charge in [-0.25, -0.2) is 8.78 Å². The normalized spacial score (nSPS) is 28.1. The summed E-state index contributed by atoms with van der Waals surface area (Å²) in [6, 6.07) is 8.13. The third kappa shape index (κ3) is 4.12. The van der Waals surface area contributed by atoms with Crippen LogP contribution < -0.4 is 5.32 Å². The number of hydrogen-bond acceptors (Lipinski definition) is 2. The van der Waals surface area contributed by atoms with Crippen LogP contribution in [0.15, 0.2) is 59.5 Å². The van der Waals surface area contributed by atoms with Gasteiger partial charge < -0.3 is 10.2 Å². The van der Waals surface area contributed by atoms with E-state index in [0.717, 1.165) is 43.5 Å². The smallest absolute Gasteiger partial charge is 0.220 e. The molecule has 1 aromatic carbocycles. The number of nitrogens with one attached hydrogen (secondary N) is 1. The topological polar surface area (TPSA) is 32.3 Å². The van der Waals surface area contributed by atoms with E-state index in [0.29, 0.717) is 11.1 Å². The van der Waals surface area contributed by atoms with Crippen molar-refractivity contribution in [1.82, 2.24) is 10.2 Å². The molecule has 1 fully saturated rings.